The molecule has 2 heterocycles. The van der Waals surface area contributed by atoms with E-state index in [1.54, 1.807) is 0 Å². The molecule has 2 aromatic rings. The summed E-state index contributed by atoms with van der Waals surface area (Å²) in [5, 5.41) is 4.42. The highest BCUT2D eigenvalue weighted by molar-refractivity contribution is 6.00. The van der Waals surface area contributed by atoms with Crippen LogP contribution in [0.2, 0.25) is 0 Å². The molecule has 0 bridgehead atoms. The van der Waals surface area contributed by atoms with Gasteiger partial charge >= 0.3 is 0 Å². The number of fused-ring (bicyclic) bond motifs is 1. The number of aryl methyl sites for hydroxylation is 2. The van der Waals surface area contributed by atoms with Crippen molar-refractivity contribution in [3.8, 4) is 0 Å². The summed E-state index contributed by atoms with van der Waals surface area (Å²) in [6.45, 7) is 4.60. The largest absolute Gasteiger partial charge is 0.347 e. The van der Waals surface area contributed by atoms with Gasteiger partial charge in [0.15, 0.2) is 0 Å². The number of H-pyrrole nitrogens is 1. The highest BCUT2D eigenvalue weighted by atomic mass is 16.2. The predicted octanol–water partition coefficient (Wildman–Crippen LogP) is 0.176. The van der Waals surface area contributed by atoms with Crippen molar-refractivity contribution in [3.05, 3.63) is 29.1 Å². The number of hydrogen-bond acceptors (Lipinski definition) is 5. The third-order valence-electron chi connectivity index (χ3n) is 3.70. The number of aromatic amines is 1. The summed E-state index contributed by atoms with van der Waals surface area (Å²) in [4.78, 5) is 38.9. The molecule has 0 spiro atoms. The molecule has 1 aromatic heterocycles. The Hall–Kier alpha value is -2.74. The number of nitrogens with one attached hydrogen (secondary N) is 3. The van der Waals surface area contributed by atoms with Crippen LogP contribution in [0.25, 0.3) is 11.0 Å². The number of amides is 3. The summed E-state index contributed by atoms with van der Waals surface area (Å²) in [5.41, 5.74) is 10.0. The van der Waals surface area contributed by atoms with Crippen LogP contribution in [0.15, 0.2) is 12.1 Å². The second-order valence-electron chi connectivity index (χ2n) is 5.62. The first kappa shape index (κ1) is 17.6. The van der Waals surface area contributed by atoms with Crippen LogP contribution in [0.3, 0.4) is 0 Å². The zero-order valence-electron chi connectivity index (χ0n) is 13.7. The molecule has 3 rings (SSSR count). The first-order valence-electron chi connectivity index (χ1n) is 7.64. The lowest BCUT2D eigenvalue weighted by atomic mass is 10.1. The van der Waals surface area contributed by atoms with Crippen molar-refractivity contribution in [2.45, 2.75) is 39.3 Å². The van der Waals surface area contributed by atoms with Gasteiger partial charge in [-0.05, 0) is 37.5 Å². The highest BCUT2D eigenvalue weighted by Gasteiger charge is 2.25. The fraction of sp³-hybridized carbons (Fsp3) is 0.375. The van der Waals surface area contributed by atoms with E-state index in [1.165, 1.54) is 5.56 Å². The van der Waals surface area contributed by atoms with Crippen molar-refractivity contribution >= 4 is 29.3 Å². The first-order chi connectivity index (χ1) is 11.4. The number of hydrogen-bond donors (Lipinski definition) is 4. The van der Waals surface area contributed by atoms with Gasteiger partial charge in [-0.1, -0.05) is 6.07 Å². The maximum Gasteiger partial charge on any atom is 0.249 e. The van der Waals surface area contributed by atoms with Gasteiger partial charge in [-0.2, -0.15) is 0 Å². The van der Waals surface area contributed by atoms with Gasteiger partial charge in [0.1, 0.15) is 11.9 Å². The minimum Gasteiger partial charge on any atom is -0.347 e. The van der Waals surface area contributed by atoms with E-state index < -0.39 is 11.9 Å². The number of rotatable bonds is 3. The van der Waals surface area contributed by atoms with Gasteiger partial charge in [0.25, 0.3) is 0 Å². The summed E-state index contributed by atoms with van der Waals surface area (Å²) >= 11 is 0. The van der Waals surface area contributed by atoms with Gasteiger partial charge in [-0.3, -0.25) is 19.7 Å². The second kappa shape index (κ2) is 7.69. The SMILES string of the molecule is Cc1nc2c(C)cc(CN)cc2[nH]1.O=CNC1CCC(=O)NC1=O. The van der Waals surface area contributed by atoms with Crippen LogP contribution in [-0.4, -0.2) is 34.2 Å². The lowest BCUT2D eigenvalue weighted by Crippen LogP contribution is -2.50. The third-order valence-corrected chi connectivity index (χ3v) is 3.70. The average molecular weight is 331 g/mol. The minimum atomic E-state index is -0.537. The van der Waals surface area contributed by atoms with Crippen LogP contribution in [0, 0.1) is 13.8 Å². The molecule has 0 radical (unpaired) electrons. The minimum absolute atomic E-state index is 0.279. The number of nitrogens with two attached hydrogens (primary N) is 1. The van der Waals surface area contributed by atoms with E-state index in [2.05, 4.69) is 39.7 Å². The molecule has 1 fully saturated rings. The highest BCUT2D eigenvalue weighted by Crippen LogP contribution is 2.17. The van der Waals surface area contributed by atoms with E-state index in [9.17, 15) is 14.4 Å². The van der Waals surface area contributed by atoms with Gasteiger partial charge in [0, 0.05) is 13.0 Å². The number of benzene rings is 1. The number of imidazole rings is 1. The second-order valence-corrected chi connectivity index (χ2v) is 5.62. The van der Waals surface area contributed by atoms with Crippen molar-refractivity contribution in [2.75, 3.05) is 0 Å². The Balaban J connectivity index is 0.000000177. The quantitative estimate of drug-likeness (QED) is 0.471. The van der Waals surface area contributed by atoms with Crippen LogP contribution in [0.4, 0.5) is 0 Å². The smallest absolute Gasteiger partial charge is 0.249 e. The maximum absolute atomic E-state index is 10.8. The van der Waals surface area contributed by atoms with Crippen LogP contribution in [0.5, 0.6) is 0 Å². The maximum atomic E-state index is 10.8. The Bertz CT molecular complexity index is 768. The fourth-order valence-electron chi connectivity index (χ4n) is 2.54. The molecule has 128 valence electrons. The van der Waals surface area contributed by atoms with Crippen LogP contribution >= 0.6 is 0 Å². The molecule has 1 aromatic carbocycles. The Labute approximate surface area is 139 Å². The Morgan fingerprint density at radius 3 is 2.75 bits per heavy atom. The lowest BCUT2D eigenvalue weighted by molar-refractivity contribution is -0.135. The number of carbonyl (C=O) groups is 3. The number of aromatic nitrogens is 2. The van der Waals surface area contributed by atoms with Gasteiger partial charge in [-0.15, -0.1) is 0 Å². The van der Waals surface area contributed by atoms with Crippen molar-refractivity contribution in [3.63, 3.8) is 0 Å². The Morgan fingerprint density at radius 2 is 2.12 bits per heavy atom. The number of carbonyl (C=O) groups excluding carboxylic acids is 3. The topological polar surface area (TPSA) is 130 Å². The van der Waals surface area contributed by atoms with Gasteiger partial charge in [-0.25, -0.2) is 4.98 Å². The summed E-state index contributed by atoms with van der Waals surface area (Å²) < 4.78 is 0. The van der Waals surface area contributed by atoms with E-state index in [-0.39, 0.29) is 12.3 Å². The summed E-state index contributed by atoms with van der Waals surface area (Å²) in [6.07, 6.45) is 1.14. The van der Waals surface area contributed by atoms with Gasteiger partial charge in [0.2, 0.25) is 18.2 Å². The molecule has 0 aliphatic carbocycles. The van der Waals surface area contributed by atoms with E-state index in [0.29, 0.717) is 19.4 Å². The fourth-order valence-corrected chi connectivity index (χ4v) is 2.54. The molecule has 1 atom stereocenters. The third kappa shape index (κ3) is 4.17. The molecule has 8 heteroatoms. The number of piperidine rings is 1. The first-order valence-corrected chi connectivity index (χ1v) is 7.64. The van der Waals surface area contributed by atoms with Crippen molar-refractivity contribution in [1.29, 1.82) is 0 Å². The Morgan fingerprint density at radius 1 is 1.38 bits per heavy atom. The van der Waals surface area contributed by atoms with Gasteiger partial charge < -0.3 is 16.0 Å². The number of nitrogens with zero attached hydrogens (tertiary/aromatic N) is 1. The van der Waals surface area contributed by atoms with Crippen LogP contribution in [0.1, 0.15) is 29.8 Å². The molecule has 1 aliphatic heterocycles. The van der Waals surface area contributed by atoms with E-state index in [0.717, 1.165) is 22.4 Å². The Kier molecular flexibility index (Phi) is 5.64. The van der Waals surface area contributed by atoms with Crippen LogP contribution < -0.4 is 16.4 Å². The summed E-state index contributed by atoms with van der Waals surface area (Å²) in [7, 11) is 0. The standard InChI is InChI=1S/C10H13N3.C6H8N2O3/c1-6-3-8(5-11)4-9-10(6)13-7(2)12-9;9-3-7-4-1-2-5(10)8-6(4)11/h3-4H,5,11H2,1-2H3,(H,12,13);3-4H,1-2H2,(H,7,9)(H,8,10,11). The van der Waals surface area contributed by atoms with Crippen molar-refractivity contribution < 1.29 is 14.4 Å². The average Bonchev–Trinajstić information content (AvgIpc) is 2.92. The molecule has 0 saturated carbocycles. The van der Waals surface area contributed by atoms with Gasteiger partial charge in [0.05, 0.1) is 11.0 Å². The molecule has 1 unspecified atom stereocenters. The lowest BCUT2D eigenvalue weighted by Gasteiger charge is -2.19. The van der Waals surface area contributed by atoms with Crippen molar-refractivity contribution in [2.24, 2.45) is 5.73 Å². The summed E-state index contributed by atoms with van der Waals surface area (Å²) in [5.74, 6) is 0.250. The van der Waals surface area contributed by atoms with E-state index in [4.69, 9.17) is 5.73 Å². The molecule has 5 N–H and O–H groups in total. The molecular weight excluding hydrogens is 310 g/mol. The normalized spacial score (nSPS) is 17.0. The molecule has 1 aliphatic rings. The monoisotopic (exact) mass is 331 g/mol. The molecule has 24 heavy (non-hydrogen) atoms. The zero-order chi connectivity index (χ0) is 17.7. The number of imide groups is 1. The summed E-state index contributed by atoms with van der Waals surface area (Å²) in [6, 6.07) is 3.61. The van der Waals surface area contributed by atoms with Crippen molar-refractivity contribution in [1.82, 2.24) is 20.6 Å². The molecular formula is C16H21N5O3. The van der Waals surface area contributed by atoms with Crippen LogP contribution in [-0.2, 0) is 20.9 Å². The predicted molar refractivity (Wildman–Crippen MR) is 88.8 cm³/mol. The molecule has 1 saturated heterocycles. The van der Waals surface area contributed by atoms with E-state index in [1.807, 2.05) is 6.92 Å². The zero-order valence-corrected chi connectivity index (χ0v) is 13.7. The molecule has 8 nitrogen and oxygen atoms in total. The molecule has 3 amide bonds. The van der Waals surface area contributed by atoms with E-state index >= 15 is 0 Å².